The Hall–Kier alpha value is -1.02. The fourth-order valence-electron chi connectivity index (χ4n) is 3.08. The first-order valence-corrected chi connectivity index (χ1v) is 6.66. The fourth-order valence-corrected chi connectivity index (χ4v) is 3.08. The van der Waals surface area contributed by atoms with Crippen molar-refractivity contribution in [2.75, 3.05) is 11.9 Å². The third-order valence-electron chi connectivity index (χ3n) is 4.18. The zero-order chi connectivity index (χ0) is 12.3. The van der Waals surface area contributed by atoms with Crippen LogP contribution in [0.5, 0.6) is 0 Å². The van der Waals surface area contributed by atoms with E-state index in [1.165, 1.54) is 18.4 Å². The number of rotatable bonds is 4. The summed E-state index contributed by atoms with van der Waals surface area (Å²) < 4.78 is 0. The lowest BCUT2D eigenvalue weighted by molar-refractivity contribution is 0.174. The van der Waals surface area contributed by atoms with Gasteiger partial charge in [-0.15, -0.1) is 0 Å². The van der Waals surface area contributed by atoms with Crippen molar-refractivity contribution >= 4 is 5.69 Å². The molecule has 94 valence electrons. The van der Waals surface area contributed by atoms with Crippen LogP contribution in [0.4, 0.5) is 5.69 Å². The van der Waals surface area contributed by atoms with Crippen molar-refractivity contribution in [3.05, 3.63) is 29.8 Å². The lowest BCUT2D eigenvalue weighted by atomic mass is 9.85. The van der Waals surface area contributed by atoms with E-state index in [1.54, 1.807) is 0 Å². The Morgan fingerprint density at radius 2 is 2.06 bits per heavy atom. The third kappa shape index (κ3) is 2.47. The highest BCUT2D eigenvalue weighted by molar-refractivity contribution is 5.47. The molecule has 2 rings (SSSR count). The first-order valence-electron chi connectivity index (χ1n) is 6.66. The van der Waals surface area contributed by atoms with Gasteiger partial charge < -0.3 is 10.4 Å². The van der Waals surface area contributed by atoms with Crippen LogP contribution in [0.15, 0.2) is 24.3 Å². The molecule has 0 bridgehead atoms. The van der Waals surface area contributed by atoms with Gasteiger partial charge >= 0.3 is 0 Å². The summed E-state index contributed by atoms with van der Waals surface area (Å²) in [6.45, 7) is 4.55. The molecule has 2 unspecified atom stereocenters. The van der Waals surface area contributed by atoms with Crippen molar-refractivity contribution in [3.8, 4) is 0 Å². The largest absolute Gasteiger partial charge is 0.394 e. The lowest BCUT2D eigenvalue weighted by Gasteiger charge is -2.35. The van der Waals surface area contributed by atoms with Gasteiger partial charge in [0, 0.05) is 5.69 Å². The van der Waals surface area contributed by atoms with Crippen LogP contribution in [0.3, 0.4) is 0 Å². The molecule has 0 aromatic heterocycles. The molecule has 0 amide bonds. The number of hydrogen-bond acceptors (Lipinski definition) is 2. The molecule has 1 fully saturated rings. The molecular weight excluding hydrogens is 210 g/mol. The van der Waals surface area contributed by atoms with Gasteiger partial charge in [-0.05, 0) is 37.8 Å². The van der Waals surface area contributed by atoms with E-state index in [4.69, 9.17) is 0 Å². The van der Waals surface area contributed by atoms with Gasteiger partial charge in [-0.25, -0.2) is 0 Å². The highest BCUT2D eigenvalue weighted by Gasteiger charge is 2.41. The number of aryl methyl sites for hydroxylation is 1. The van der Waals surface area contributed by atoms with Crippen LogP contribution in [0.1, 0.15) is 38.2 Å². The van der Waals surface area contributed by atoms with Crippen LogP contribution in [-0.2, 0) is 0 Å². The molecule has 1 saturated carbocycles. The standard InChI is InChI=1S/C15H23NO/c1-3-13-5-4-10-15(13,11-17)16-14-8-6-12(2)7-9-14/h6-9,13,16-17H,3-5,10-11H2,1-2H3. The van der Waals surface area contributed by atoms with Crippen molar-refractivity contribution in [2.24, 2.45) is 5.92 Å². The summed E-state index contributed by atoms with van der Waals surface area (Å²) in [5.74, 6) is 0.591. The maximum Gasteiger partial charge on any atom is 0.0664 e. The molecule has 2 atom stereocenters. The van der Waals surface area contributed by atoms with E-state index in [-0.39, 0.29) is 12.1 Å². The summed E-state index contributed by atoms with van der Waals surface area (Å²) in [6.07, 6.45) is 4.67. The summed E-state index contributed by atoms with van der Waals surface area (Å²) in [7, 11) is 0. The fraction of sp³-hybridized carbons (Fsp3) is 0.600. The van der Waals surface area contributed by atoms with E-state index < -0.39 is 0 Å². The highest BCUT2D eigenvalue weighted by atomic mass is 16.3. The first-order chi connectivity index (χ1) is 8.20. The maximum absolute atomic E-state index is 9.77. The molecule has 2 nitrogen and oxygen atoms in total. The third-order valence-corrected chi connectivity index (χ3v) is 4.18. The summed E-state index contributed by atoms with van der Waals surface area (Å²) in [5.41, 5.74) is 2.31. The Morgan fingerprint density at radius 1 is 1.35 bits per heavy atom. The number of aliphatic hydroxyl groups excluding tert-OH is 1. The molecular formula is C15H23NO. The number of nitrogens with one attached hydrogen (secondary N) is 1. The van der Waals surface area contributed by atoms with Gasteiger partial charge in [0.25, 0.3) is 0 Å². The minimum absolute atomic E-state index is 0.0932. The van der Waals surface area contributed by atoms with Crippen LogP contribution in [-0.4, -0.2) is 17.3 Å². The second kappa shape index (κ2) is 5.09. The van der Waals surface area contributed by atoms with Crippen molar-refractivity contribution in [1.82, 2.24) is 0 Å². The van der Waals surface area contributed by atoms with E-state index >= 15 is 0 Å². The Bertz CT molecular complexity index is 360. The van der Waals surface area contributed by atoms with Gasteiger partial charge in [-0.1, -0.05) is 37.5 Å². The van der Waals surface area contributed by atoms with Crippen LogP contribution in [0, 0.1) is 12.8 Å². The monoisotopic (exact) mass is 233 g/mol. The summed E-state index contributed by atoms with van der Waals surface area (Å²) in [6, 6.07) is 8.45. The number of anilines is 1. The molecule has 0 heterocycles. The second-order valence-corrected chi connectivity index (χ2v) is 5.30. The summed E-state index contributed by atoms with van der Waals surface area (Å²) in [4.78, 5) is 0. The Balaban J connectivity index is 2.16. The predicted octanol–water partition coefficient (Wildman–Crippen LogP) is 3.35. The normalized spacial score (nSPS) is 28.3. The SMILES string of the molecule is CCC1CCCC1(CO)Nc1ccc(C)cc1. The van der Waals surface area contributed by atoms with E-state index in [1.807, 2.05) is 0 Å². The van der Waals surface area contributed by atoms with Gasteiger partial charge in [-0.3, -0.25) is 0 Å². The van der Waals surface area contributed by atoms with Crippen LogP contribution in [0.2, 0.25) is 0 Å². The predicted molar refractivity (Wildman–Crippen MR) is 72.3 cm³/mol. The smallest absolute Gasteiger partial charge is 0.0664 e. The van der Waals surface area contributed by atoms with Crippen molar-refractivity contribution < 1.29 is 5.11 Å². The molecule has 0 saturated heterocycles. The molecule has 17 heavy (non-hydrogen) atoms. The average Bonchev–Trinajstić information content (AvgIpc) is 2.75. The first kappa shape index (κ1) is 12.4. The molecule has 1 aliphatic carbocycles. The number of benzene rings is 1. The van der Waals surface area contributed by atoms with Gasteiger partial charge in [0.2, 0.25) is 0 Å². The quantitative estimate of drug-likeness (QED) is 0.836. The zero-order valence-corrected chi connectivity index (χ0v) is 10.9. The lowest BCUT2D eigenvalue weighted by Crippen LogP contribution is -2.45. The minimum Gasteiger partial charge on any atom is -0.394 e. The Kier molecular flexibility index (Phi) is 3.72. The molecule has 1 aromatic rings. The highest BCUT2D eigenvalue weighted by Crippen LogP contribution is 2.40. The molecule has 2 heteroatoms. The molecule has 0 radical (unpaired) electrons. The maximum atomic E-state index is 9.77. The molecule has 2 N–H and O–H groups in total. The Labute approximate surface area is 104 Å². The molecule has 0 aliphatic heterocycles. The number of hydrogen-bond donors (Lipinski definition) is 2. The minimum atomic E-state index is -0.0932. The zero-order valence-electron chi connectivity index (χ0n) is 10.9. The van der Waals surface area contributed by atoms with E-state index in [2.05, 4.69) is 43.4 Å². The van der Waals surface area contributed by atoms with Gasteiger partial charge in [0.15, 0.2) is 0 Å². The van der Waals surface area contributed by atoms with Crippen LogP contribution < -0.4 is 5.32 Å². The van der Waals surface area contributed by atoms with Crippen molar-refractivity contribution in [3.63, 3.8) is 0 Å². The van der Waals surface area contributed by atoms with E-state index in [0.717, 1.165) is 18.5 Å². The summed E-state index contributed by atoms with van der Waals surface area (Å²) in [5, 5.41) is 13.4. The molecule has 0 spiro atoms. The average molecular weight is 233 g/mol. The second-order valence-electron chi connectivity index (χ2n) is 5.30. The van der Waals surface area contributed by atoms with Gasteiger partial charge in [0.05, 0.1) is 12.1 Å². The summed E-state index contributed by atoms with van der Waals surface area (Å²) >= 11 is 0. The van der Waals surface area contributed by atoms with Crippen molar-refractivity contribution in [2.45, 2.75) is 45.1 Å². The Morgan fingerprint density at radius 3 is 2.65 bits per heavy atom. The van der Waals surface area contributed by atoms with E-state index in [9.17, 15) is 5.11 Å². The molecule has 1 aliphatic rings. The van der Waals surface area contributed by atoms with Crippen LogP contribution in [0.25, 0.3) is 0 Å². The number of aliphatic hydroxyl groups is 1. The topological polar surface area (TPSA) is 32.3 Å². The van der Waals surface area contributed by atoms with Gasteiger partial charge in [0.1, 0.15) is 0 Å². The van der Waals surface area contributed by atoms with E-state index in [0.29, 0.717) is 5.92 Å². The van der Waals surface area contributed by atoms with Crippen LogP contribution >= 0.6 is 0 Å². The van der Waals surface area contributed by atoms with Gasteiger partial charge in [-0.2, -0.15) is 0 Å². The van der Waals surface area contributed by atoms with Crippen molar-refractivity contribution in [1.29, 1.82) is 0 Å². The molecule has 1 aromatic carbocycles.